The Kier molecular flexibility index (Phi) is 6.75. The highest BCUT2D eigenvalue weighted by Gasteiger charge is 2.20. The fraction of sp³-hybridized carbons (Fsp3) is 0.348. The molecule has 0 unspecified atom stereocenters. The van der Waals surface area contributed by atoms with Crippen LogP contribution in [0.2, 0.25) is 0 Å². The van der Waals surface area contributed by atoms with E-state index < -0.39 is 9.85 Å². The van der Waals surface area contributed by atoms with Gasteiger partial charge in [0.05, 0.1) is 15.5 Å². The Balaban J connectivity index is 1.85. The largest absolute Gasteiger partial charge is 0.313 e. The van der Waals surface area contributed by atoms with Crippen molar-refractivity contribution in [1.29, 1.82) is 0 Å². The van der Waals surface area contributed by atoms with Crippen LogP contribution in [0.1, 0.15) is 51.0 Å². The molecule has 0 radical (unpaired) electrons. The highest BCUT2D eigenvalue weighted by molar-refractivity contribution is 7.07. The van der Waals surface area contributed by atoms with Gasteiger partial charge in [-0.2, -0.15) is 0 Å². The molecule has 1 aromatic heterocycles. The summed E-state index contributed by atoms with van der Waals surface area (Å²) < 4.78 is 2.19. The predicted molar refractivity (Wildman–Crippen MR) is 124 cm³/mol. The average Bonchev–Trinajstić information content (AvgIpc) is 3.17. The third kappa shape index (κ3) is 4.77. The molecular formula is C23H24N4O4S. The van der Waals surface area contributed by atoms with Crippen molar-refractivity contribution < 1.29 is 9.85 Å². The van der Waals surface area contributed by atoms with Gasteiger partial charge in [-0.3, -0.25) is 20.2 Å². The lowest BCUT2D eigenvalue weighted by molar-refractivity contribution is -0.384. The molecule has 1 heterocycles. The molecule has 2 aromatic carbocycles. The SMILES string of the molecule is O=[N+]([O-])c1ccc(-c2csc(=Nc3ccccc3[N+](=O)[O-])n2C2CCCCCCC2)cc1. The molecule has 0 spiro atoms. The van der Waals surface area contributed by atoms with E-state index in [4.69, 9.17) is 4.99 Å². The minimum absolute atomic E-state index is 0.0259. The van der Waals surface area contributed by atoms with Gasteiger partial charge in [-0.05, 0) is 36.6 Å². The van der Waals surface area contributed by atoms with Gasteiger partial charge < -0.3 is 4.57 Å². The van der Waals surface area contributed by atoms with Crippen LogP contribution in [0.3, 0.4) is 0 Å². The molecule has 9 heteroatoms. The number of nitrogens with zero attached hydrogens (tertiary/aromatic N) is 4. The topological polar surface area (TPSA) is 104 Å². The molecule has 0 saturated heterocycles. The van der Waals surface area contributed by atoms with Crippen molar-refractivity contribution >= 4 is 28.4 Å². The van der Waals surface area contributed by atoms with E-state index in [1.54, 1.807) is 30.3 Å². The zero-order valence-electron chi connectivity index (χ0n) is 17.6. The second-order valence-electron chi connectivity index (χ2n) is 7.93. The normalized spacial score (nSPS) is 15.8. The minimum atomic E-state index is -0.413. The van der Waals surface area contributed by atoms with Crippen molar-refractivity contribution in [3.63, 3.8) is 0 Å². The molecule has 0 N–H and O–H groups in total. The van der Waals surface area contributed by atoms with Crippen molar-refractivity contribution in [1.82, 2.24) is 4.57 Å². The number of hydrogen-bond acceptors (Lipinski definition) is 6. The fourth-order valence-electron chi connectivity index (χ4n) is 4.23. The van der Waals surface area contributed by atoms with E-state index in [2.05, 4.69) is 4.57 Å². The molecule has 0 atom stereocenters. The van der Waals surface area contributed by atoms with Gasteiger partial charge >= 0.3 is 0 Å². The van der Waals surface area contributed by atoms with E-state index >= 15 is 0 Å². The Bertz CT molecular complexity index is 1180. The minimum Gasteiger partial charge on any atom is -0.313 e. The van der Waals surface area contributed by atoms with Crippen molar-refractivity contribution in [3.8, 4) is 11.3 Å². The van der Waals surface area contributed by atoms with Gasteiger partial charge in [0, 0.05) is 29.6 Å². The molecule has 0 bridgehead atoms. The molecule has 0 aliphatic heterocycles. The van der Waals surface area contributed by atoms with E-state index in [1.165, 1.54) is 48.8 Å². The van der Waals surface area contributed by atoms with E-state index in [0.717, 1.165) is 36.9 Å². The first-order chi connectivity index (χ1) is 15.5. The maximum absolute atomic E-state index is 11.5. The summed E-state index contributed by atoms with van der Waals surface area (Å²) in [5.41, 5.74) is 2.16. The van der Waals surface area contributed by atoms with Crippen LogP contribution in [-0.2, 0) is 0 Å². The summed E-state index contributed by atoms with van der Waals surface area (Å²) in [7, 11) is 0. The molecule has 1 fully saturated rings. The standard InChI is InChI=1S/C23H24N4O4S/c28-26(29)19-14-12-17(13-15-19)22-16-32-23(24-20-10-6-7-11-21(20)27(30)31)25(22)18-8-4-2-1-3-5-9-18/h6-7,10-16,18H,1-5,8-9H2. The predicted octanol–water partition coefficient (Wildman–Crippen LogP) is 6.55. The van der Waals surface area contributed by atoms with E-state index in [0.29, 0.717) is 10.5 Å². The van der Waals surface area contributed by atoms with E-state index in [1.807, 2.05) is 5.38 Å². The molecule has 0 amide bonds. The summed E-state index contributed by atoms with van der Waals surface area (Å²) in [5, 5.41) is 24.5. The van der Waals surface area contributed by atoms with Crippen LogP contribution in [0.15, 0.2) is 58.9 Å². The van der Waals surface area contributed by atoms with Gasteiger partial charge in [0.25, 0.3) is 11.4 Å². The second kappa shape index (κ2) is 9.86. The number of aromatic nitrogens is 1. The first-order valence-electron chi connectivity index (χ1n) is 10.8. The number of thiazole rings is 1. The van der Waals surface area contributed by atoms with Gasteiger partial charge in [0.1, 0.15) is 5.69 Å². The Morgan fingerprint density at radius 1 is 0.875 bits per heavy atom. The Morgan fingerprint density at radius 2 is 1.53 bits per heavy atom. The molecular weight excluding hydrogens is 428 g/mol. The zero-order chi connectivity index (χ0) is 22.5. The Hall–Kier alpha value is -3.33. The third-order valence-corrected chi connectivity index (χ3v) is 6.69. The van der Waals surface area contributed by atoms with Crippen LogP contribution in [0.25, 0.3) is 11.3 Å². The number of non-ortho nitro benzene ring substituents is 1. The monoisotopic (exact) mass is 452 g/mol. The Morgan fingerprint density at radius 3 is 2.19 bits per heavy atom. The van der Waals surface area contributed by atoms with E-state index in [-0.39, 0.29) is 17.4 Å². The summed E-state index contributed by atoms with van der Waals surface area (Å²) in [6, 6.07) is 13.3. The molecule has 4 rings (SSSR count). The summed E-state index contributed by atoms with van der Waals surface area (Å²) in [6.45, 7) is 0. The molecule has 166 valence electrons. The lowest BCUT2D eigenvalue weighted by Gasteiger charge is -2.23. The van der Waals surface area contributed by atoms with Crippen LogP contribution in [0.5, 0.6) is 0 Å². The van der Waals surface area contributed by atoms with Crippen molar-refractivity contribution in [2.75, 3.05) is 0 Å². The van der Waals surface area contributed by atoms with Crippen molar-refractivity contribution in [3.05, 3.63) is 78.9 Å². The van der Waals surface area contributed by atoms with Crippen molar-refractivity contribution in [2.24, 2.45) is 4.99 Å². The summed E-state index contributed by atoms with van der Waals surface area (Å²) in [4.78, 5) is 27.1. The third-order valence-electron chi connectivity index (χ3n) is 5.85. The van der Waals surface area contributed by atoms with Gasteiger partial charge in [-0.1, -0.05) is 44.2 Å². The first kappa shape index (κ1) is 21.9. The van der Waals surface area contributed by atoms with Crippen LogP contribution < -0.4 is 4.80 Å². The van der Waals surface area contributed by atoms with Crippen LogP contribution in [0.4, 0.5) is 17.1 Å². The molecule has 32 heavy (non-hydrogen) atoms. The van der Waals surface area contributed by atoms with Crippen LogP contribution in [-0.4, -0.2) is 14.4 Å². The maximum atomic E-state index is 11.5. The lowest BCUT2D eigenvalue weighted by Crippen LogP contribution is -2.22. The fourth-order valence-corrected chi connectivity index (χ4v) is 5.21. The molecule has 1 aliphatic rings. The smallest absolute Gasteiger partial charge is 0.294 e. The summed E-state index contributed by atoms with van der Waals surface area (Å²) >= 11 is 1.44. The second-order valence-corrected chi connectivity index (χ2v) is 8.77. The maximum Gasteiger partial charge on any atom is 0.294 e. The van der Waals surface area contributed by atoms with Gasteiger partial charge in [-0.15, -0.1) is 11.3 Å². The Labute approximate surface area is 189 Å². The molecule has 1 aliphatic carbocycles. The van der Waals surface area contributed by atoms with Crippen LogP contribution >= 0.6 is 11.3 Å². The number of nitro groups is 2. The highest BCUT2D eigenvalue weighted by Crippen LogP contribution is 2.33. The number of nitro benzene ring substituents is 2. The van der Waals surface area contributed by atoms with E-state index in [9.17, 15) is 20.2 Å². The van der Waals surface area contributed by atoms with Gasteiger partial charge in [-0.25, -0.2) is 4.99 Å². The number of para-hydroxylation sites is 2. The lowest BCUT2D eigenvalue weighted by atomic mass is 9.96. The number of benzene rings is 2. The average molecular weight is 453 g/mol. The summed E-state index contributed by atoms with van der Waals surface area (Å²) in [5.74, 6) is 0. The quantitative estimate of drug-likeness (QED) is 0.323. The summed E-state index contributed by atoms with van der Waals surface area (Å²) in [6.07, 6.45) is 7.93. The highest BCUT2D eigenvalue weighted by atomic mass is 32.1. The van der Waals surface area contributed by atoms with Gasteiger partial charge in [0.15, 0.2) is 4.80 Å². The van der Waals surface area contributed by atoms with Crippen LogP contribution in [0, 0.1) is 20.2 Å². The number of hydrogen-bond donors (Lipinski definition) is 0. The first-order valence-corrected chi connectivity index (χ1v) is 11.7. The van der Waals surface area contributed by atoms with Gasteiger partial charge in [0.2, 0.25) is 0 Å². The number of rotatable bonds is 5. The zero-order valence-corrected chi connectivity index (χ0v) is 18.4. The van der Waals surface area contributed by atoms with Crippen molar-refractivity contribution in [2.45, 2.75) is 51.0 Å². The molecule has 8 nitrogen and oxygen atoms in total. The molecule has 3 aromatic rings. The molecule has 1 saturated carbocycles.